The first kappa shape index (κ1) is 21.2. The number of carbonyl (C=O) groups is 1. The minimum Gasteiger partial charge on any atom is -0.383 e. The molecule has 2 aliphatic rings. The number of aliphatic hydroxyl groups is 1. The fourth-order valence-corrected chi connectivity index (χ4v) is 3.93. The van der Waals surface area contributed by atoms with Crippen LogP contribution in [0.25, 0.3) is 0 Å². The van der Waals surface area contributed by atoms with Crippen LogP contribution in [-0.2, 0) is 9.53 Å². The molecule has 0 spiro atoms. The molecule has 1 amide bonds. The van der Waals surface area contributed by atoms with Gasteiger partial charge in [0.25, 0.3) is 5.91 Å². The van der Waals surface area contributed by atoms with Crippen LogP contribution in [0.4, 0.5) is 0 Å². The highest BCUT2D eigenvalue weighted by Crippen LogP contribution is 2.26. The topological polar surface area (TPSA) is 56.2 Å². The van der Waals surface area contributed by atoms with Crippen LogP contribution in [0.15, 0.2) is 30.3 Å². The number of amides is 1. The summed E-state index contributed by atoms with van der Waals surface area (Å²) in [5.41, 5.74) is 0.889. The SMILES string of the molecule is CC(C)(C)C(O)C(=O)N1CCN(C(CN2CCOCC2)c2ccccc2)CC1. The van der Waals surface area contributed by atoms with Crippen LogP contribution < -0.4 is 0 Å². The van der Waals surface area contributed by atoms with Crippen molar-refractivity contribution in [1.82, 2.24) is 14.7 Å². The monoisotopic (exact) mass is 389 g/mol. The molecule has 0 aliphatic carbocycles. The van der Waals surface area contributed by atoms with E-state index < -0.39 is 11.5 Å². The minimum atomic E-state index is -0.947. The average Bonchev–Trinajstić information content (AvgIpc) is 2.72. The van der Waals surface area contributed by atoms with Crippen molar-refractivity contribution in [3.8, 4) is 0 Å². The molecule has 2 aliphatic heterocycles. The van der Waals surface area contributed by atoms with Crippen molar-refractivity contribution in [3.63, 3.8) is 0 Å². The summed E-state index contributed by atoms with van der Waals surface area (Å²) in [5.74, 6) is -0.142. The molecule has 156 valence electrons. The summed E-state index contributed by atoms with van der Waals surface area (Å²) >= 11 is 0. The van der Waals surface area contributed by atoms with Crippen LogP contribution in [0.2, 0.25) is 0 Å². The third kappa shape index (κ3) is 5.32. The molecule has 0 aromatic heterocycles. The lowest BCUT2D eigenvalue weighted by Crippen LogP contribution is -2.55. The highest BCUT2D eigenvalue weighted by molar-refractivity contribution is 5.81. The Bertz CT molecular complexity index is 618. The van der Waals surface area contributed by atoms with Crippen molar-refractivity contribution in [2.45, 2.75) is 32.9 Å². The Morgan fingerprint density at radius 3 is 2.21 bits per heavy atom. The van der Waals surface area contributed by atoms with Gasteiger partial charge in [-0.3, -0.25) is 14.6 Å². The van der Waals surface area contributed by atoms with Gasteiger partial charge in [-0.05, 0) is 11.0 Å². The first-order chi connectivity index (χ1) is 13.4. The van der Waals surface area contributed by atoms with Crippen molar-refractivity contribution < 1.29 is 14.6 Å². The van der Waals surface area contributed by atoms with Crippen LogP contribution >= 0.6 is 0 Å². The predicted molar refractivity (Wildman–Crippen MR) is 110 cm³/mol. The summed E-state index contributed by atoms with van der Waals surface area (Å²) in [4.78, 5) is 19.4. The van der Waals surface area contributed by atoms with Gasteiger partial charge in [0.2, 0.25) is 0 Å². The van der Waals surface area contributed by atoms with Gasteiger partial charge in [-0.2, -0.15) is 0 Å². The Balaban J connectivity index is 1.65. The van der Waals surface area contributed by atoms with Gasteiger partial charge in [0.15, 0.2) is 0 Å². The molecule has 2 atom stereocenters. The number of carbonyl (C=O) groups excluding carboxylic acids is 1. The summed E-state index contributed by atoms with van der Waals surface area (Å²) in [6.45, 7) is 13.2. The molecule has 0 radical (unpaired) electrons. The van der Waals surface area contributed by atoms with Crippen molar-refractivity contribution in [2.24, 2.45) is 5.41 Å². The van der Waals surface area contributed by atoms with Gasteiger partial charge in [-0.25, -0.2) is 0 Å². The molecule has 6 heteroatoms. The lowest BCUT2D eigenvalue weighted by Gasteiger charge is -2.42. The smallest absolute Gasteiger partial charge is 0.252 e. The van der Waals surface area contributed by atoms with Gasteiger partial charge in [0.1, 0.15) is 6.10 Å². The fourth-order valence-electron chi connectivity index (χ4n) is 3.93. The summed E-state index contributed by atoms with van der Waals surface area (Å²) in [6, 6.07) is 11.0. The maximum absolute atomic E-state index is 12.6. The van der Waals surface area contributed by atoms with Crippen molar-refractivity contribution >= 4 is 5.91 Å². The molecule has 0 bridgehead atoms. The summed E-state index contributed by atoms with van der Waals surface area (Å²) in [6.07, 6.45) is -0.947. The predicted octanol–water partition coefficient (Wildman–Crippen LogP) is 1.61. The Morgan fingerprint density at radius 2 is 1.64 bits per heavy atom. The molecule has 1 aromatic rings. The van der Waals surface area contributed by atoms with E-state index >= 15 is 0 Å². The maximum atomic E-state index is 12.6. The standard InChI is InChI=1S/C22H35N3O3/c1-22(2,3)20(26)21(27)25-11-9-24(10-12-25)19(18-7-5-4-6-8-18)17-23-13-15-28-16-14-23/h4-8,19-20,26H,9-17H2,1-3H3. The van der Waals surface area contributed by atoms with Gasteiger partial charge < -0.3 is 14.7 Å². The summed E-state index contributed by atoms with van der Waals surface area (Å²) < 4.78 is 5.50. The van der Waals surface area contributed by atoms with E-state index in [0.29, 0.717) is 19.1 Å². The van der Waals surface area contributed by atoms with Gasteiger partial charge in [0.05, 0.1) is 13.2 Å². The molecule has 2 unspecified atom stereocenters. The van der Waals surface area contributed by atoms with Crippen LogP contribution in [-0.4, -0.2) is 90.8 Å². The zero-order valence-electron chi connectivity index (χ0n) is 17.5. The van der Waals surface area contributed by atoms with Crippen LogP contribution in [0, 0.1) is 5.41 Å². The Kier molecular flexibility index (Phi) is 7.10. The number of ether oxygens (including phenoxy) is 1. The fraction of sp³-hybridized carbons (Fsp3) is 0.682. The second kappa shape index (κ2) is 9.35. The molecule has 2 heterocycles. The molecule has 6 nitrogen and oxygen atoms in total. The number of benzene rings is 1. The van der Waals surface area contributed by atoms with Gasteiger partial charge in [-0.15, -0.1) is 0 Å². The van der Waals surface area contributed by atoms with Crippen LogP contribution in [0.1, 0.15) is 32.4 Å². The Morgan fingerprint density at radius 1 is 1.04 bits per heavy atom. The number of hydrogen-bond donors (Lipinski definition) is 1. The van der Waals surface area contributed by atoms with E-state index in [2.05, 4.69) is 40.1 Å². The number of piperazine rings is 1. The number of hydrogen-bond acceptors (Lipinski definition) is 5. The van der Waals surface area contributed by atoms with E-state index in [1.54, 1.807) is 0 Å². The highest BCUT2D eigenvalue weighted by atomic mass is 16.5. The zero-order chi connectivity index (χ0) is 20.1. The van der Waals surface area contributed by atoms with Gasteiger partial charge in [-0.1, -0.05) is 51.1 Å². The van der Waals surface area contributed by atoms with E-state index in [4.69, 9.17) is 4.74 Å². The average molecular weight is 390 g/mol. The van der Waals surface area contributed by atoms with Crippen molar-refractivity contribution in [2.75, 3.05) is 59.0 Å². The number of morpholine rings is 1. The molecule has 28 heavy (non-hydrogen) atoms. The normalized spacial score (nSPS) is 22.1. The first-order valence-corrected chi connectivity index (χ1v) is 10.4. The second-order valence-electron chi connectivity index (χ2n) is 8.97. The molecule has 2 saturated heterocycles. The van der Waals surface area contributed by atoms with Crippen molar-refractivity contribution in [1.29, 1.82) is 0 Å². The third-order valence-corrected chi connectivity index (χ3v) is 5.84. The number of nitrogens with zero attached hydrogens (tertiary/aromatic N) is 3. The van der Waals surface area contributed by atoms with Gasteiger partial charge >= 0.3 is 0 Å². The molecule has 1 aromatic carbocycles. The van der Waals surface area contributed by atoms with E-state index in [9.17, 15) is 9.90 Å². The van der Waals surface area contributed by atoms with Crippen LogP contribution in [0.5, 0.6) is 0 Å². The summed E-state index contributed by atoms with van der Waals surface area (Å²) in [5, 5.41) is 10.4. The van der Waals surface area contributed by atoms with Crippen molar-refractivity contribution in [3.05, 3.63) is 35.9 Å². The molecular weight excluding hydrogens is 354 g/mol. The van der Waals surface area contributed by atoms with Crippen LogP contribution in [0.3, 0.4) is 0 Å². The van der Waals surface area contributed by atoms with E-state index in [1.807, 2.05) is 25.7 Å². The third-order valence-electron chi connectivity index (χ3n) is 5.84. The first-order valence-electron chi connectivity index (χ1n) is 10.4. The molecule has 2 fully saturated rings. The molecule has 0 saturated carbocycles. The van der Waals surface area contributed by atoms with E-state index in [-0.39, 0.29) is 5.91 Å². The number of rotatable bonds is 5. The number of aliphatic hydroxyl groups excluding tert-OH is 1. The maximum Gasteiger partial charge on any atom is 0.252 e. The highest BCUT2D eigenvalue weighted by Gasteiger charge is 2.35. The molecule has 1 N–H and O–H groups in total. The largest absolute Gasteiger partial charge is 0.383 e. The lowest BCUT2D eigenvalue weighted by atomic mass is 9.88. The van der Waals surface area contributed by atoms with E-state index in [1.165, 1.54) is 5.56 Å². The quantitative estimate of drug-likeness (QED) is 0.829. The Labute approximate surface area is 169 Å². The Hall–Kier alpha value is -1.47. The van der Waals surface area contributed by atoms with E-state index in [0.717, 1.165) is 45.9 Å². The zero-order valence-corrected chi connectivity index (χ0v) is 17.5. The summed E-state index contributed by atoms with van der Waals surface area (Å²) in [7, 11) is 0. The molecule has 3 rings (SSSR count). The molecular formula is C22H35N3O3. The van der Waals surface area contributed by atoms with Gasteiger partial charge in [0, 0.05) is 51.9 Å². The second-order valence-corrected chi connectivity index (χ2v) is 8.97. The minimum absolute atomic E-state index is 0.142. The lowest BCUT2D eigenvalue weighted by molar-refractivity contribution is -0.148.